The average molecular weight is 425 g/mol. The third-order valence-electron chi connectivity index (χ3n) is 5.77. The van der Waals surface area contributed by atoms with Gasteiger partial charge in [-0.25, -0.2) is 0 Å². The molecule has 1 aromatic heterocycles. The Hall–Kier alpha value is -1.41. The molecule has 3 unspecified atom stereocenters. The average Bonchev–Trinajstić information content (AvgIpc) is 3.08. The van der Waals surface area contributed by atoms with E-state index in [-0.39, 0.29) is 11.8 Å². The van der Waals surface area contributed by atoms with E-state index in [0.717, 1.165) is 14.4 Å². The molecule has 6 nitrogen and oxygen atoms in total. The van der Waals surface area contributed by atoms with Crippen molar-refractivity contribution >= 4 is 50.2 Å². The van der Waals surface area contributed by atoms with E-state index < -0.39 is 30.7 Å². The van der Waals surface area contributed by atoms with Gasteiger partial charge in [0.1, 0.15) is 0 Å². The Kier molecular flexibility index (Phi) is 3.83. The van der Waals surface area contributed by atoms with Crippen LogP contribution in [0.2, 0.25) is 0 Å². The number of aromatic nitrogens is 1. The van der Waals surface area contributed by atoms with Crippen LogP contribution < -0.4 is 0 Å². The molecule has 0 radical (unpaired) electrons. The predicted molar refractivity (Wildman–Crippen MR) is 106 cm³/mol. The first-order valence-corrected chi connectivity index (χ1v) is 12.8. The summed E-state index contributed by atoms with van der Waals surface area (Å²) in [5, 5.41) is 9.99. The number of piperazine rings is 1. The summed E-state index contributed by atoms with van der Waals surface area (Å²) in [6, 6.07) is 5.56. The summed E-state index contributed by atoms with van der Waals surface area (Å²) in [5.74, 6) is -0.195. The van der Waals surface area contributed by atoms with E-state index in [0.29, 0.717) is 6.42 Å². The highest BCUT2D eigenvalue weighted by Crippen LogP contribution is 2.64. The summed E-state index contributed by atoms with van der Waals surface area (Å²) in [6.07, 6.45) is 3.65. The van der Waals surface area contributed by atoms with Crippen LogP contribution in [0, 0.1) is 16.7 Å². The van der Waals surface area contributed by atoms with Crippen LogP contribution in [-0.2, 0) is 48.0 Å². The van der Waals surface area contributed by atoms with Crippen molar-refractivity contribution in [2.45, 2.75) is 36.1 Å². The third kappa shape index (κ3) is 1.80. The number of nitrogens with zero attached hydrogens (tertiary/aromatic N) is 4. The lowest BCUT2D eigenvalue weighted by Gasteiger charge is -2.39. The second-order valence-electron chi connectivity index (χ2n) is 7.11. The Labute approximate surface area is 164 Å². The van der Waals surface area contributed by atoms with Crippen molar-refractivity contribution in [2.75, 3.05) is 7.05 Å². The summed E-state index contributed by atoms with van der Waals surface area (Å²) in [7, 11) is 3.58. The van der Waals surface area contributed by atoms with Crippen molar-refractivity contribution in [1.82, 2.24) is 14.8 Å². The van der Waals surface area contributed by atoms with E-state index in [1.165, 1.54) is 8.88 Å². The topological polar surface area (TPSA) is 77.3 Å². The zero-order chi connectivity index (χ0) is 18.9. The number of carbonyl (C=O) groups excluding carboxylic acids is 2. The van der Waals surface area contributed by atoms with Gasteiger partial charge in [0.25, 0.3) is 11.8 Å². The van der Waals surface area contributed by atoms with E-state index >= 15 is 0 Å². The molecule has 0 saturated carbocycles. The molecule has 4 rings (SSSR count). The molecule has 4 heterocycles. The zero-order valence-corrected chi connectivity index (χ0v) is 17.6. The molecule has 3 aliphatic heterocycles. The van der Waals surface area contributed by atoms with Gasteiger partial charge < -0.3 is 9.80 Å². The maximum atomic E-state index is 13.5. The summed E-state index contributed by atoms with van der Waals surface area (Å²) in [4.78, 5) is 32.4. The van der Waals surface area contributed by atoms with Crippen LogP contribution >= 0.6 is 0 Å². The van der Waals surface area contributed by atoms with Gasteiger partial charge in [0.2, 0.25) is 0 Å². The summed E-state index contributed by atoms with van der Waals surface area (Å²) < 4.78 is 0. The molecule has 1 spiro atoms. The van der Waals surface area contributed by atoms with Crippen molar-refractivity contribution in [1.29, 1.82) is 5.26 Å². The normalized spacial score (nSPS) is 40.5. The van der Waals surface area contributed by atoms with Crippen LogP contribution in [0.25, 0.3) is 0 Å². The molecule has 2 amide bonds. The van der Waals surface area contributed by atoms with Crippen LogP contribution in [0.3, 0.4) is 0 Å². The SMILES string of the molecule is CN1C(=O)[C@@]23C[C@](C)(C#N)C(c4cccnc4)N2C(=O)C1(C)S3=S=S=S. The fourth-order valence-electron chi connectivity index (χ4n) is 4.53. The van der Waals surface area contributed by atoms with Crippen LogP contribution in [0.1, 0.15) is 31.9 Å². The van der Waals surface area contributed by atoms with E-state index in [9.17, 15) is 14.9 Å². The monoisotopic (exact) mass is 424 g/mol. The standard InChI is InChI=1S/C16H16N4O2S4/c1-14(9-17)8-16-13(22)19(3)15(2,26(16)25-24-23)12(21)20(16)11(14)10-5-4-6-18-7-10/h4-7,11H,8H2,1-3H3/t11?,14-,15?,16+,26?/m1/s1. The number of hydrogen-bond acceptors (Lipinski definition) is 5. The molecule has 3 saturated heterocycles. The molecule has 1 aromatic rings. The number of pyridine rings is 1. The highest BCUT2D eigenvalue weighted by atomic mass is 33.2. The quantitative estimate of drug-likeness (QED) is 0.668. The Balaban J connectivity index is 2.06. The van der Waals surface area contributed by atoms with Crippen molar-refractivity contribution in [3.63, 3.8) is 0 Å². The highest BCUT2D eigenvalue weighted by Gasteiger charge is 2.80. The molecule has 3 fully saturated rings. The van der Waals surface area contributed by atoms with Crippen LogP contribution in [0.4, 0.5) is 0 Å². The van der Waals surface area contributed by atoms with Gasteiger partial charge in [0.05, 0.1) is 17.5 Å². The van der Waals surface area contributed by atoms with E-state index in [1.54, 1.807) is 35.3 Å². The van der Waals surface area contributed by atoms with Crippen LogP contribution in [0.5, 0.6) is 0 Å². The number of fused-ring (bicyclic) bond motifs is 1. The van der Waals surface area contributed by atoms with Gasteiger partial charge in [-0.05, 0) is 63.9 Å². The van der Waals surface area contributed by atoms with E-state index in [4.69, 9.17) is 11.2 Å². The Morgan fingerprint density at radius 2 is 2.15 bits per heavy atom. The van der Waals surface area contributed by atoms with Crippen molar-refractivity contribution in [2.24, 2.45) is 5.41 Å². The lowest BCUT2D eigenvalue weighted by molar-refractivity contribution is -0.159. The largest absolute Gasteiger partial charge is 0.320 e. The summed E-state index contributed by atoms with van der Waals surface area (Å²) in [5.41, 5.74) is -0.0911. The molecule has 0 aliphatic carbocycles. The number of carbonyl (C=O) groups is 2. The van der Waals surface area contributed by atoms with E-state index in [2.05, 4.69) is 11.1 Å². The van der Waals surface area contributed by atoms with Gasteiger partial charge in [0.15, 0.2) is 9.74 Å². The minimum absolute atomic E-state index is 0.0904. The maximum absolute atomic E-state index is 13.5. The van der Waals surface area contributed by atoms with Gasteiger partial charge in [-0.3, -0.25) is 14.6 Å². The molecular formula is C16H16N4O2S4. The van der Waals surface area contributed by atoms with Crippen molar-refractivity contribution in [3.05, 3.63) is 30.1 Å². The fourth-order valence-corrected chi connectivity index (χ4v) is 13.5. The number of hydrogen-bond donors (Lipinski definition) is 0. The Morgan fingerprint density at radius 1 is 1.42 bits per heavy atom. The predicted octanol–water partition coefficient (Wildman–Crippen LogP) is 0.858. The molecule has 5 atom stereocenters. The van der Waals surface area contributed by atoms with Crippen LogP contribution in [-0.4, -0.2) is 43.4 Å². The molecule has 0 N–H and O–H groups in total. The lowest BCUT2D eigenvalue weighted by Crippen LogP contribution is -2.60. The second-order valence-corrected chi connectivity index (χ2v) is 13.7. The smallest absolute Gasteiger partial charge is 0.261 e. The molecule has 3 aliphatic rings. The highest BCUT2D eigenvalue weighted by molar-refractivity contribution is 8.59. The molecule has 10 heteroatoms. The summed E-state index contributed by atoms with van der Waals surface area (Å²) >= 11 is 5.10. The molecule has 2 bridgehead atoms. The molecule has 26 heavy (non-hydrogen) atoms. The Bertz CT molecular complexity index is 997. The number of rotatable bonds is 1. The first kappa shape index (κ1) is 18.0. The van der Waals surface area contributed by atoms with Gasteiger partial charge in [-0.1, -0.05) is 6.07 Å². The van der Waals surface area contributed by atoms with Crippen molar-refractivity contribution in [3.8, 4) is 6.07 Å². The minimum Gasteiger partial charge on any atom is -0.320 e. The van der Waals surface area contributed by atoms with Gasteiger partial charge in [-0.15, -0.1) is 0 Å². The van der Waals surface area contributed by atoms with Gasteiger partial charge in [-0.2, -0.15) is 5.26 Å². The van der Waals surface area contributed by atoms with Gasteiger partial charge >= 0.3 is 0 Å². The zero-order valence-electron chi connectivity index (χ0n) is 14.3. The fraction of sp³-hybridized carbons (Fsp3) is 0.500. The minimum atomic E-state index is -1.01. The molecule has 136 valence electrons. The first-order chi connectivity index (χ1) is 12.3. The number of amides is 2. The molecule has 0 aromatic carbocycles. The summed E-state index contributed by atoms with van der Waals surface area (Å²) in [6.45, 7) is 3.66. The number of likely N-dealkylation sites (N-methyl/N-ethyl adjacent to an activating group) is 1. The first-order valence-electron chi connectivity index (χ1n) is 7.93. The lowest BCUT2D eigenvalue weighted by atomic mass is 9.80. The maximum Gasteiger partial charge on any atom is 0.261 e. The number of nitriles is 1. The van der Waals surface area contributed by atoms with Gasteiger partial charge in [0, 0.05) is 25.9 Å². The third-order valence-corrected chi connectivity index (χ3v) is 13.9. The second kappa shape index (κ2) is 5.55. The van der Waals surface area contributed by atoms with Crippen LogP contribution in [0.15, 0.2) is 24.5 Å². The Morgan fingerprint density at radius 3 is 2.73 bits per heavy atom. The van der Waals surface area contributed by atoms with E-state index in [1.807, 2.05) is 19.9 Å². The van der Waals surface area contributed by atoms with Crippen molar-refractivity contribution < 1.29 is 9.59 Å². The molecular weight excluding hydrogens is 408 g/mol.